The molecular formula is C11H14ClFO3S. The fourth-order valence-corrected chi connectivity index (χ4v) is 2.14. The van der Waals surface area contributed by atoms with Gasteiger partial charge in [-0.2, -0.15) is 0 Å². The molecule has 1 aromatic rings. The van der Waals surface area contributed by atoms with Gasteiger partial charge in [0.05, 0.1) is 17.4 Å². The maximum absolute atomic E-state index is 13.0. The van der Waals surface area contributed by atoms with E-state index in [9.17, 15) is 12.8 Å². The van der Waals surface area contributed by atoms with E-state index in [-0.39, 0.29) is 23.1 Å². The highest BCUT2D eigenvalue weighted by Crippen LogP contribution is 2.20. The Morgan fingerprint density at radius 3 is 2.71 bits per heavy atom. The summed E-state index contributed by atoms with van der Waals surface area (Å²) in [5.74, 6) is 0.00782. The SMILES string of the molecule is CCS(=O)(=O)CCCOc1ccc(Cl)c(F)c1. The Labute approximate surface area is 105 Å². The largest absolute Gasteiger partial charge is 0.493 e. The highest BCUT2D eigenvalue weighted by atomic mass is 35.5. The lowest BCUT2D eigenvalue weighted by molar-refractivity contribution is 0.316. The summed E-state index contributed by atoms with van der Waals surface area (Å²) in [6.07, 6.45) is 0.389. The molecule has 6 heteroatoms. The van der Waals surface area contributed by atoms with Crippen molar-refractivity contribution in [1.29, 1.82) is 0 Å². The zero-order valence-corrected chi connectivity index (χ0v) is 11.0. The quantitative estimate of drug-likeness (QED) is 0.753. The van der Waals surface area contributed by atoms with Gasteiger partial charge in [-0.1, -0.05) is 18.5 Å². The van der Waals surface area contributed by atoms with E-state index in [0.717, 1.165) is 0 Å². The molecule has 0 aliphatic heterocycles. The number of benzene rings is 1. The van der Waals surface area contributed by atoms with Gasteiger partial charge in [0.1, 0.15) is 21.4 Å². The maximum Gasteiger partial charge on any atom is 0.150 e. The van der Waals surface area contributed by atoms with Crippen LogP contribution in [0, 0.1) is 5.82 Å². The van der Waals surface area contributed by atoms with Crippen LogP contribution in [0.4, 0.5) is 4.39 Å². The third kappa shape index (κ3) is 4.91. The molecule has 1 aromatic carbocycles. The van der Waals surface area contributed by atoms with Crippen molar-refractivity contribution in [1.82, 2.24) is 0 Å². The molecule has 96 valence electrons. The summed E-state index contributed by atoms with van der Waals surface area (Å²) < 4.78 is 40.6. The summed E-state index contributed by atoms with van der Waals surface area (Å²) in [4.78, 5) is 0. The van der Waals surface area contributed by atoms with Gasteiger partial charge in [-0.25, -0.2) is 12.8 Å². The number of halogens is 2. The van der Waals surface area contributed by atoms with Gasteiger partial charge in [0.2, 0.25) is 0 Å². The summed E-state index contributed by atoms with van der Waals surface area (Å²) in [6, 6.07) is 4.12. The molecule has 0 aliphatic carbocycles. The Bertz CT molecular complexity index is 474. The summed E-state index contributed by atoms with van der Waals surface area (Å²) in [5, 5.41) is 0.0333. The highest BCUT2D eigenvalue weighted by molar-refractivity contribution is 7.91. The van der Waals surface area contributed by atoms with E-state index in [4.69, 9.17) is 16.3 Å². The molecule has 0 atom stereocenters. The average molecular weight is 281 g/mol. The van der Waals surface area contributed by atoms with Crippen molar-refractivity contribution in [2.45, 2.75) is 13.3 Å². The first kappa shape index (κ1) is 14.3. The monoisotopic (exact) mass is 280 g/mol. The van der Waals surface area contributed by atoms with Gasteiger partial charge < -0.3 is 4.74 Å². The number of rotatable bonds is 6. The van der Waals surface area contributed by atoms with Gasteiger partial charge in [0, 0.05) is 11.8 Å². The van der Waals surface area contributed by atoms with Crippen LogP contribution in [-0.2, 0) is 9.84 Å². The van der Waals surface area contributed by atoms with Crippen LogP contribution >= 0.6 is 11.6 Å². The molecule has 0 aromatic heterocycles. The third-order valence-corrected chi connectivity index (χ3v) is 4.30. The minimum absolute atomic E-state index is 0.0333. The second kappa shape index (κ2) is 6.21. The third-order valence-electron chi connectivity index (χ3n) is 2.20. The Morgan fingerprint density at radius 1 is 1.41 bits per heavy atom. The fraction of sp³-hybridized carbons (Fsp3) is 0.455. The van der Waals surface area contributed by atoms with E-state index in [1.165, 1.54) is 12.1 Å². The molecular weight excluding hydrogens is 267 g/mol. The van der Waals surface area contributed by atoms with E-state index < -0.39 is 15.7 Å². The highest BCUT2D eigenvalue weighted by Gasteiger charge is 2.07. The predicted octanol–water partition coefficient (Wildman–Crippen LogP) is 2.68. The Balaban J connectivity index is 2.39. The molecule has 0 radical (unpaired) electrons. The molecule has 0 amide bonds. The second-order valence-electron chi connectivity index (χ2n) is 3.51. The number of ether oxygens (including phenoxy) is 1. The normalized spacial score (nSPS) is 11.5. The van der Waals surface area contributed by atoms with Crippen LogP contribution in [0.1, 0.15) is 13.3 Å². The van der Waals surface area contributed by atoms with Crippen molar-refractivity contribution in [3.63, 3.8) is 0 Å². The number of sulfone groups is 1. The van der Waals surface area contributed by atoms with Gasteiger partial charge in [-0.05, 0) is 18.6 Å². The van der Waals surface area contributed by atoms with Crippen molar-refractivity contribution in [2.24, 2.45) is 0 Å². The molecule has 0 heterocycles. The number of hydrogen-bond acceptors (Lipinski definition) is 3. The minimum atomic E-state index is -2.96. The first-order chi connectivity index (χ1) is 7.94. The molecule has 0 unspecified atom stereocenters. The van der Waals surface area contributed by atoms with E-state index in [1.807, 2.05) is 0 Å². The van der Waals surface area contributed by atoms with Crippen LogP contribution in [0.3, 0.4) is 0 Å². The van der Waals surface area contributed by atoms with Crippen LogP contribution in [0.15, 0.2) is 18.2 Å². The predicted molar refractivity (Wildman–Crippen MR) is 65.8 cm³/mol. The lowest BCUT2D eigenvalue weighted by atomic mass is 10.3. The Morgan fingerprint density at radius 2 is 2.12 bits per heavy atom. The van der Waals surface area contributed by atoms with E-state index in [2.05, 4.69) is 0 Å². The second-order valence-corrected chi connectivity index (χ2v) is 6.39. The van der Waals surface area contributed by atoms with Crippen molar-refractivity contribution < 1.29 is 17.5 Å². The molecule has 3 nitrogen and oxygen atoms in total. The van der Waals surface area contributed by atoms with Crippen LogP contribution in [0.2, 0.25) is 5.02 Å². The standard InChI is InChI=1S/C11H14ClFO3S/c1-2-17(14,15)7-3-6-16-9-4-5-10(12)11(13)8-9/h4-5,8H,2-3,6-7H2,1H3. The molecule has 1 rings (SSSR count). The zero-order chi connectivity index (χ0) is 12.9. The minimum Gasteiger partial charge on any atom is -0.493 e. The lowest BCUT2D eigenvalue weighted by Gasteiger charge is -2.06. The van der Waals surface area contributed by atoms with Crippen molar-refractivity contribution in [2.75, 3.05) is 18.1 Å². The molecule has 0 spiro atoms. The lowest BCUT2D eigenvalue weighted by Crippen LogP contribution is -2.11. The summed E-state index contributed by atoms with van der Waals surface area (Å²) in [6.45, 7) is 1.84. The smallest absolute Gasteiger partial charge is 0.150 e. The Hall–Kier alpha value is -0.810. The molecule has 0 saturated heterocycles. The van der Waals surface area contributed by atoms with Gasteiger partial charge >= 0.3 is 0 Å². The topological polar surface area (TPSA) is 43.4 Å². The van der Waals surface area contributed by atoms with Crippen LogP contribution < -0.4 is 4.74 Å². The van der Waals surface area contributed by atoms with Crippen molar-refractivity contribution in [3.8, 4) is 5.75 Å². The van der Waals surface area contributed by atoms with Crippen LogP contribution in [0.5, 0.6) is 5.75 Å². The van der Waals surface area contributed by atoms with Crippen molar-refractivity contribution in [3.05, 3.63) is 29.0 Å². The van der Waals surface area contributed by atoms with Gasteiger partial charge in [-0.15, -0.1) is 0 Å². The zero-order valence-electron chi connectivity index (χ0n) is 9.45. The van der Waals surface area contributed by atoms with Gasteiger partial charge in [0.25, 0.3) is 0 Å². The van der Waals surface area contributed by atoms with Gasteiger partial charge in [0.15, 0.2) is 0 Å². The molecule has 0 aliphatic rings. The molecule has 0 N–H and O–H groups in total. The molecule has 17 heavy (non-hydrogen) atoms. The van der Waals surface area contributed by atoms with Crippen LogP contribution in [0.25, 0.3) is 0 Å². The first-order valence-electron chi connectivity index (χ1n) is 5.23. The summed E-state index contributed by atoms with van der Waals surface area (Å²) in [7, 11) is -2.96. The van der Waals surface area contributed by atoms with Gasteiger partial charge in [-0.3, -0.25) is 0 Å². The van der Waals surface area contributed by atoms with Crippen LogP contribution in [-0.4, -0.2) is 26.5 Å². The van der Waals surface area contributed by atoms with E-state index in [1.54, 1.807) is 13.0 Å². The summed E-state index contributed by atoms with van der Waals surface area (Å²) >= 11 is 5.51. The molecule has 0 saturated carbocycles. The van der Waals surface area contributed by atoms with E-state index >= 15 is 0 Å². The summed E-state index contributed by atoms with van der Waals surface area (Å²) in [5.41, 5.74) is 0. The fourth-order valence-electron chi connectivity index (χ4n) is 1.18. The first-order valence-corrected chi connectivity index (χ1v) is 7.43. The van der Waals surface area contributed by atoms with E-state index in [0.29, 0.717) is 12.2 Å². The maximum atomic E-state index is 13.0. The molecule has 0 fully saturated rings. The number of hydrogen-bond donors (Lipinski definition) is 0. The Kier molecular flexibility index (Phi) is 5.21. The van der Waals surface area contributed by atoms with Crippen molar-refractivity contribution >= 4 is 21.4 Å². The molecule has 0 bridgehead atoms. The average Bonchev–Trinajstić information content (AvgIpc) is 2.29.